The van der Waals surface area contributed by atoms with E-state index in [9.17, 15) is 13.2 Å². The Bertz CT molecular complexity index is 1100. The molecule has 8 heteroatoms. The number of hydrogen-bond donors (Lipinski definition) is 2. The number of benzene rings is 1. The van der Waals surface area contributed by atoms with Gasteiger partial charge in [0.2, 0.25) is 0 Å². The zero-order chi connectivity index (χ0) is 20.5. The molecule has 0 saturated carbocycles. The van der Waals surface area contributed by atoms with Gasteiger partial charge in [-0.2, -0.15) is 5.26 Å². The lowest BCUT2D eigenvalue weighted by molar-refractivity contribution is 0.101. The van der Waals surface area contributed by atoms with Gasteiger partial charge in [0.25, 0.3) is 5.91 Å². The molecule has 2 N–H and O–H groups in total. The number of hydrogen-bond acceptors (Lipinski definition) is 5. The highest BCUT2D eigenvalue weighted by molar-refractivity contribution is 7.90. The molecule has 146 valence electrons. The predicted octanol–water partition coefficient (Wildman–Crippen LogP) is 3.53. The number of nitrogens with zero attached hydrogens (tertiary/aromatic N) is 2. The molecule has 1 aliphatic rings. The Morgan fingerprint density at radius 1 is 1.36 bits per heavy atom. The monoisotopic (exact) mass is 398 g/mol. The molecule has 3 rings (SSSR count). The number of allylic oxidation sites excluding steroid dienone is 2. The van der Waals surface area contributed by atoms with Crippen molar-refractivity contribution in [3.05, 3.63) is 47.6 Å². The number of H-pyrrole nitrogens is 1. The third kappa shape index (κ3) is 4.31. The van der Waals surface area contributed by atoms with Crippen molar-refractivity contribution >= 4 is 27.0 Å². The summed E-state index contributed by atoms with van der Waals surface area (Å²) in [7, 11) is -3.38. The number of aromatic nitrogens is 2. The summed E-state index contributed by atoms with van der Waals surface area (Å²) in [5.41, 5.74) is 2.60. The number of nitriles is 1. The fourth-order valence-electron chi connectivity index (χ4n) is 3.12. The van der Waals surface area contributed by atoms with Gasteiger partial charge in [-0.15, -0.1) is 0 Å². The van der Waals surface area contributed by atoms with E-state index < -0.39 is 15.7 Å². The Kier molecular flexibility index (Phi) is 5.13. The molecule has 1 aliphatic carbocycles. The van der Waals surface area contributed by atoms with Crippen LogP contribution in [0.3, 0.4) is 0 Å². The summed E-state index contributed by atoms with van der Waals surface area (Å²) in [5.74, 6) is -0.472. The van der Waals surface area contributed by atoms with Crippen molar-refractivity contribution in [3.63, 3.8) is 0 Å². The van der Waals surface area contributed by atoms with E-state index in [1.807, 2.05) is 6.07 Å². The molecule has 1 aromatic heterocycles. The molecule has 0 saturated heterocycles. The molecule has 1 amide bonds. The van der Waals surface area contributed by atoms with Crippen LogP contribution in [0.2, 0.25) is 0 Å². The van der Waals surface area contributed by atoms with E-state index in [1.54, 1.807) is 12.1 Å². The molecule has 0 aliphatic heterocycles. The number of imidazole rings is 1. The van der Waals surface area contributed by atoms with Crippen LogP contribution in [0.4, 0.5) is 5.69 Å². The van der Waals surface area contributed by atoms with E-state index >= 15 is 0 Å². The number of sulfone groups is 1. The number of anilines is 1. The van der Waals surface area contributed by atoms with Gasteiger partial charge in [-0.1, -0.05) is 19.9 Å². The fourth-order valence-corrected chi connectivity index (χ4v) is 3.77. The molecule has 1 heterocycles. The normalized spacial score (nSPS) is 16.1. The van der Waals surface area contributed by atoms with Crippen LogP contribution < -0.4 is 5.32 Å². The van der Waals surface area contributed by atoms with Gasteiger partial charge >= 0.3 is 0 Å². The Morgan fingerprint density at radius 3 is 2.68 bits per heavy atom. The molecule has 0 atom stereocenters. The van der Waals surface area contributed by atoms with Crippen molar-refractivity contribution in [1.82, 2.24) is 9.97 Å². The Labute approximate surface area is 164 Å². The first-order chi connectivity index (χ1) is 13.1. The summed E-state index contributed by atoms with van der Waals surface area (Å²) in [4.78, 5) is 19.2. The van der Waals surface area contributed by atoms with Crippen molar-refractivity contribution in [2.45, 2.75) is 38.0 Å². The standard InChI is InChI=1S/C20H22N4O3S/c1-20(2)8-6-13(7-9-20)16-10-15(28(3,26)27)4-5-17(16)24-19(25)18-22-12-14(11-21)23-18/h4-6,10,12H,7-9H2,1-3H3,(H,22,23)(H,24,25). The number of carbonyl (C=O) groups excluding carboxylic acids is 1. The van der Waals surface area contributed by atoms with Crippen molar-refractivity contribution in [2.75, 3.05) is 11.6 Å². The van der Waals surface area contributed by atoms with Gasteiger partial charge in [-0.25, -0.2) is 13.4 Å². The second kappa shape index (κ2) is 7.24. The van der Waals surface area contributed by atoms with Crippen molar-refractivity contribution in [1.29, 1.82) is 5.26 Å². The van der Waals surface area contributed by atoms with Crippen LogP contribution in [0, 0.1) is 16.7 Å². The first-order valence-corrected chi connectivity index (χ1v) is 10.8. The van der Waals surface area contributed by atoms with Crippen molar-refractivity contribution in [3.8, 4) is 6.07 Å². The molecule has 0 radical (unpaired) electrons. The number of rotatable bonds is 4. The second-order valence-electron chi connectivity index (χ2n) is 7.79. The Morgan fingerprint density at radius 2 is 2.11 bits per heavy atom. The van der Waals surface area contributed by atoms with Crippen LogP contribution in [-0.2, 0) is 9.84 Å². The van der Waals surface area contributed by atoms with Gasteiger partial charge in [0.15, 0.2) is 15.7 Å². The van der Waals surface area contributed by atoms with Gasteiger partial charge in [-0.3, -0.25) is 4.79 Å². The highest BCUT2D eigenvalue weighted by Crippen LogP contribution is 2.40. The SMILES string of the molecule is CC1(C)CC=C(c2cc(S(C)(=O)=O)ccc2NC(=O)c2ncc(C#N)[nH]2)CC1. The minimum Gasteiger partial charge on any atom is -0.326 e. The second-order valence-corrected chi connectivity index (χ2v) is 9.80. The zero-order valence-electron chi connectivity index (χ0n) is 16.0. The van der Waals surface area contributed by atoms with Crippen LogP contribution >= 0.6 is 0 Å². The average molecular weight is 398 g/mol. The van der Waals surface area contributed by atoms with E-state index in [2.05, 4.69) is 35.2 Å². The Balaban J connectivity index is 1.99. The molecule has 2 aromatic rings. The minimum absolute atomic E-state index is 0.0217. The summed E-state index contributed by atoms with van der Waals surface area (Å²) < 4.78 is 24.0. The maximum Gasteiger partial charge on any atom is 0.291 e. The molecule has 1 aromatic carbocycles. The maximum absolute atomic E-state index is 12.5. The summed E-state index contributed by atoms with van der Waals surface area (Å²) in [6.45, 7) is 4.39. The number of nitrogens with one attached hydrogen (secondary N) is 2. The van der Waals surface area contributed by atoms with Gasteiger partial charge in [0.05, 0.1) is 11.1 Å². The molecule has 0 unspecified atom stereocenters. The Hall–Kier alpha value is -2.92. The highest BCUT2D eigenvalue weighted by Gasteiger charge is 2.24. The van der Waals surface area contributed by atoms with Crippen LogP contribution in [0.1, 0.15) is 55.0 Å². The minimum atomic E-state index is -3.38. The van der Waals surface area contributed by atoms with Crippen LogP contribution in [0.5, 0.6) is 0 Å². The zero-order valence-corrected chi connectivity index (χ0v) is 16.9. The van der Waals surface area contributed by atoms with E-state index in [-0.39, 0.29) is 21.8 Å². The molecular formula is C20H22N4O3S. The van der Waals surface area contributed by atoms with E-state index in [4.69, 9.17) is 5.26 Å². The molecule has 0 spiro atoms. The van der Waals surface area contributed by atoms with Crippen molar-refractivity contribution < 1.29 is 13.2 Å². The van der Waals surface area contributed by atoms with E-state index in [0.29, 0.717) is 11.3 Å². The molecule has 0 fully saturated rings. The average Bonchev–Trinajstić information content (AvgIpc) is 3.11. The lowest BCUT2D eigenvalue weighted by Gasteiger charge is -2.29. The first-order valence-electron chi connectivity index (χ1n) is 8.89. The lowest BCUT2D eigenvalue weighted by Crippen LogP contribution is -2.17. The summed E-state index contributed by atoms with van der Waals surface area (Å²) in [5, 5.41) is 11.7. The highest BCUT2D eigenvalue weighted by atomic mass is 32.2. The quantitative estimate of drug-likeness (QED) is 0.817. The van der Waals surface area contributed by atoms with Gasteiger partial charge in [0.1, 0.15) is 11.8 Å². The number of carbonyl (C=O) groups is 1. The third-order valence-corrected chi connectivity index (χ3v) is 6.01. The first kappa shape index (κ1) is 19.8. The van der Waals surface area contributed by atoms with Gasteiger partial charge < -0.3 is 10.3 Å². The van der Waals surface area contributed by atoms with E-state index in [1.165, 1.54) is 12.3 Å². The summed E-state index contributed by atoms with van der Waals surface area (Å²) in [6, 6.07) is 6.57. The summed E-state index contributed by atoms with van der Waals surface area (Å²) in [6.07, 6.45) is 7.20. The number of amides is 1. The lowest BCUT2D eigenvalue weighted by atomic mass is 9.77. The van der Waals surface area contributed by atoms with E-state index in [0.717, 1.165) is 31.1 Å². The molecule has 7 nitrogen and oxygen atoms in total. The molecular weight excluding hydrogens is 376 g/mol. The number of aromatic amines is 1. The largest absolute Gasteiger partial charge is 0.326 e. The summed E-state index contributed by atoms with van der Waals surface area (Å²) >= 11 is 0. The van der Waals surface area contributed by atoms with Crippen LogP contribution in [0.15, 0.2) is 35.4 Å². The van der Waals surface area contributed by atoms with Crippen molar-refractivity contribution in [2.24, 2.45) is 5.41 Å². The molecule has 0 bridgehead atoms. The van der Waals surface area contributed by atoms with Gasteiger partial charge in [0, 0.05) is 17.5 Å². The maximum atomic E-state index is 12.5. The predicted molar refractivity (Wildman–Crippen MR) is 106 cm³/mol. The topological polar surface area (TPSA) is 116 Å². The van der Waals surface area contributed by atoms with Crippen LogP contribution in [0.25, 0.3) is 5.57 Å². The van der Waals surface area contributed by atoms with Gasteiger partial charge in [-0.05, 0) is 48.4 Å². The smallest absolute Gasteiger partial charge is 0.291 e. The van der Waals surface area contributed by atoms with Crippen LogP contribution in [-0.4, -0.2) is 30.5 Å². The fraction of sp³-hybridized carbons (Fsp3) is 0.350. The third-order valence-electron chi connectivity index (χ3n) is 4.90. The molecule has 28 heavy (non-hydrogen) atoms.